The van der Waals surface area contributed by atoms with Crippen LogP contribution in [-0.4, -0.2) is 0 Å². The molecular formula is C56H32Br3N5S4. The summed E-state index contributed by atoms with van der Waals surface area (Å²) in [6, 6.07) is 66.0. The molecule has 4 aliphatic heterocycles. The highest BCUT2D eigenvalue weighted by Crippen LogP contribution is 2.65. The maximum atomic E-state index is 12.6. The van der Waals surface area contributed by atoms with Crippen LogP contribution in [0.2, 0.25) is 0 Å². The van der Waals surface area contributed by atoms with E-state index in [1.54, 1.807) is 47.0 Å². The minimum absolute atomic E-state index is 0.530. The minimum Gasteiger partial charge on any atom is -0.306 e. The van der Waals surface area contributed by atoms with Crippen molar-refractivity contribution in [2.24, 2.45) is 0 Å². The van der Waals surface area contributed by atoms with Gasteiger partial charge in [-0.15, -0.1) is 0 Å². The molecule has 0 radical (unpaired) electrons. The SMILES string of the molecule is Cc1ccc2c(c1)Sc1ccccc1N2c1cc(N2c3ccccc3Sc3cc(Br)ccc32)c(N2c3ccccc3Sc3cc(Br)ccc32)c(C#N)c1N1c2ccccc2Sc2cc(Br)ccc21. The Hall–Kier alpha value is -5.49. The number of fused-ring (bicyclic) bond motifs is 8. The molecule has 0 unspecified atom stereocenters. The summed E-state index contributed by atoms with van der Waals surface area (Å²) in [4.78, 5) is 18.4. The molecule has 9 aromatic rings. The second kappa shape index (κ2) is 16.9. The fourth-order valence-electron chi connectivity index (χ4n) is 9.59. The lowest BCUT2D eigenvalue weighted by atomic mass is 9.98. The Balaban J connectivity index is 1.25. The Morgan fingerprint density at radius 2 is 0.647 bits per heavy atom. The van der Waals surface area contributed by atoms with E-state index in [9.17, 15) is 5.26 Å². The average Bonchev–Trinajstić information content (AvgIpc) is 3.35. The summed E-state index contributed by atoms with van der Waals surface area (Å²) in [6.07, 6.45) is 0. The van der Waals surface area contributed by atoms with E-state index in [1.807, 2.05) is 0 Å². The Bertz CT molecular complexity index is 3440. The molecule has 4 aliphatic rings. The molecule has 0 atom stereocenters. The van der Waals surface area contributed by atoms with Crippen LogP contribution in [0.15, 0.2) is 229 Å². The molecule has 4 heterocycles. The predicted molar refractivity (Wildman–Crippen MR) is 294 cm³/mol. The first-order chi connectivity index (χ1) is 33.3. The van der Waals surface area contributed by atoms with Crippen LogP contribution in [0.1, 0.15) is 11.1 Å². The maximum Gasteiger partial charge on any atom is 0.104 e. The number of para-hydroxylation sites is 4. The third-order valence-corrected chi connectivity index (χ3v) is 18.3. The lowest BCUT2D eigenvalue weighted by Crippen LogP contribution is -2.26. The smallest absolute Gasteiger partial charge is 0.104 e. The number of aryl methyl sites for hydroxylation is 1. The van der Waals surface area contributed by atoms with E-state index in [0.717, 1.165) is 121 Å². The maximum absolute atomic E-state index is 12.6. The van der Waals surface area contributed by atoms with Crippen molar-refractivity contribution in [3.63, 3.8) is 0 Å². The predicted octanol–water partition coefficient (Wildman–Crippen LogP) is 19.9. The molecule has 0 saturated heterocycles. The number of hydrogen-bond acceptors (Lipinski definition) is 9. The van der Waals surface area contributed by atoms with E-state index in [2.05, 4.69) is 256 Å². The molecule has 13 rings (SSSR count). The molecule has 68 heavy (non-hydrogen) atoms. The molecular weight excluding hydrogens is 1110 g/mol. The van der Waals surface area contributed by atoms with Crippen molar-refractivity contribution < 1.29 is 0 Å². The van der Waals surface area contributed by atoms with Gasteiger partial charge >= 0.3 is 0 Å². The van der Waals surface area contributed by atoms with E-state index in [1.165, 1.54) is 5.56 Å². The largest absolute Gasteiger partial charge is 0.306 e. The number of nitriles is 1. The second-order valence-corrected chi connectivity index (χ2v) is 23.6. The summed E-state index contributed by atoms with van der Waals surface area (Å²) in [5, 5.41) is 12.6. The van der Waals surface area contributed by atoms with Crippen molar-refractivity contribution in [3.8, 4) is 6.07 Å². The molecule has 326 valence electrons. The zero-order chi connectivity index (χ0) is 45.8. The Morgan fingerprint density at radius 3 is 1.03 bits per heavy atom. The van der Waals surface area contributed by atoms with Crippen LogP contribution in [0.5, 0.6) is 0 Å². The molecule has 5 nitrogen and oxygen atoms in total. The van der Waals surface area contributed by atoms with Crippen molar-refractivity contribution in [2.75, 3.05) is 19.6 Å². The van der Waals surface area contributed by atoms with Crippen LogP contribution in [-0.2, 0) is 0 Å². The quantitative estimate of drug-likeness (QED) is 0.171. The van der Waals surface area contributed by atoms with Crippen molar-refractivity contribution in [1.82, 2.24) is 0 Å². The number of nitrogens with zero attached hydrogens (tertiary/aromatic N) is 5. The third-order valence-electron chi connectivity index (χ3n) is 12.4. The Labute approximate surface area is 436 Å². The van der Waals surface area contributed by atoms with Gasteiger partial charge in [-0.1, -0.05) is 149 Å². The number of benzene rings is 9. The summed E-state index contributed by atoms with van der Waals surface area (Å²) >= 11 is 18.5. The molecule has 12 heteroatoms. The summed E-state index contributed by atoms with van der Waals surface area (Å²) in [5.41, 5.74) is 13.1. The highest BCUT2D eigenvalue weighted by Gasteiger charge is 2.41. The topological polar surface area (TPSA) is 36.8 Å². The molecule has 0 saturated carbocycles. The summed E-state index contributed by atoms with van der Waals surface area (Å²) in [5.74, 6) is 0. The van der Waals surface area contributed by atoms with Gasteiger partial charge in [-0.3, -0.25) is 0 Å². The summed E-state index contributed by atoms with van der Waals surface area (Å²) in [6.45, 7) is 2.15. The van der Waals surface area contributed by atoms with Crippen molar-refractivity contribution in [1.29, 1.82) is 5.26 Å². The summed E-state index contributed by atoms with van der Waals surface area (Å²) < 4.78 is 2.98. The molecule has 0 N–H and O–H groups in total. The van der Waals surface area contributed by atoms with Gasteiger partial charge in [-0.25, -0.2) is 0 Å². The summed E-state index contributed by atoms with van der Waals surface area (Å²) in [7, 11) is 0. The zero-order valence-corrected chi connectivity index (χ0v) is 43.8. The highest BCUT2D eigenvalue weighted by molar-refractivity contribution is 9.11. The van der Waals surface area contributed by atoms with Gasteiger partial charge in [0.2, 0.25) is 0 Å². The van der Waals surface area contributed by atoms with Gasteiger partial charge in [0, 0.05) is 52.6 Å². The Morgan fingerprint density at radius 1 is 0.338 bits per heavy atom. The molecule has 9 aromatic carbocycles. The van der Waals surface area contributed by atoms with Crippen molar-refractivity contribution in [3.05, 3.63) is 200 Å². The standard InChI is InChI=1S/C56H32Br3N5S4/c1-32-18-22-41-51(26-32)65-47-14-6-2-10-37(47)61(41)45-30-46(62-38-11-3-7-15-48(38)66-52-27-33(57)19-23-42(52)62)56(64-40-13-5-9-17-50(40)68-54-29-35(59)21-25-44(54)64)36(31-60)55(45)63-39-12-4-8-16-49(39)67-53-28-34(58)20-24-43(53)63/h2-30H,1H3. The normalized spacial score (nSPS) is 13.8. The van der Waals surface area contributed by atoms with E-state index < -0.39 is 0 Å². The first-order valence-corrected chi connectivity index (χ1v) is 27.3. The van der Waals surface area contributed by atoms with Crippen LogP contribution in [0, 0.1) is 18.3 Å². The minimum atomic E-state index is 0.530. The average molecular weight is 1140 g/mol. The van der Waals surface area contributed by atoms with Gasteiger partial charge in [0.05, 0.1) is 68.2 Å². The number of rotatable bonds is 4. The monoisotopic (exact) mass is 1140 g/mol. The van der Waals surface area contributed by atoms with Crippen LogP contribution in [0.4, 0.5) is 68.2 Å². The second-order valence-electron chi connectivity index (χ2n) is 16.5. The molecule has 0 aromatic heterocycles. The van der Waals surface area contributed by atoms with E-state index in [0.29, 0.717) is 5.56 Å². The number of halogens is 3. The fourth-order valence-corrected chi connectivity index (χ4v) is 15.6. The lowest BCUT2D eigenvalue weighted by Gasteiger charge is -2.43. The molecule has 0 fully saturated rings. The van der Waals surface area contributed by atoms with Crippen LogP contribution < -0.4 is 19.6 Å². The van der Waals surface area contributed by atoms with E-state index in [-0.39, 0.29) is 0 Å². The number of anilines is 12. The van der Waals surface area contributed by atoms with Crippen molar-refractivity contribution in [2.45, 2.75) is 46.1 Å². The fraction of sp³-hybridized carbons (Fsp3) is 0.0179. The third kappa shape index (κ3) is 6.88. The van der Waals surface area contributed by atoms with Gasteiger partial charge in [0.25, 0.3) is 0 Å². The zero-order valence-electron chi connectivity index (χ0n) is 35.7. The number of hydrogen-bond donors (Lipinski definition) is 0. The molecule has 0 spiro atoms. The van der Waals surface area contributed by atoms with Gasteiger partial charge < -0.3 is 19.6 Å². The van der Waals surface area contributed by atoms with E-state index in [4.69, 9.17) is 0 Å². The van der Waals surface area contributed by atoms with E-state index >= 15 is 0 Å². The van der Waals surface area contributed by atoms with Gasteiger partial charge in [-0.05, 0) is 134 Å². The van der Waals surface area contributed by atoms with Crippen molar-refractivity contribution >= 4 is 163 Å². The van der Waals surface area contributed by atoms with Gasteiger partial charge in [0.1, 0.15) is 11.6 Å². The highest BCUT2D eigenvalue weighted by atomic mass is 79.9. The lowest BCUT2D eigenvalue weighted by molar-refractivity contribution is 1.09. The Kier molecular flexibility index (Phi) is 10.6. The first-order valence-electron chi connectivity index (χ1n) is 21.7. The molecule has 0 amide bonds. The van der Waals surface area contributed by atoms with Crippen LogP contribution in [0.3, 0.4) is 0 Å². The molecule has 0 bridgehead atoms. The van der Waals surface area contributed by atoms with Crippen LogP contribution in [0.25, 0.3) is 0 Å². The van der Waals surface area contributed by atoms with Crippen LogP contribution >= 0.6 is 94.8 Å². The first kappa shape index (κ1) is 42.6. The molecule has 0 aliphatic carbocycles. The van der Waals surface area contributed by atoms with Gasteiger partial charge in [0.15, 0.2) is 0 Å². The van der Waals surface area contributed by atoms with Gasteiger partial charge in [-0.2, -0.15) is 5.26 Å².